The van der Waals surface area contributed by atoms with Gasteiger partial charge in [0.05, 0.1) is 39.9 Å². The molecule has 0 rings (SSSR count). The van der Waals surface area contributed by atoms with E-state index in [1.807, 2.05) is 27.2 Å². The van der Waals surface area contributed by atoms with Gasteiger partial charge in [0.15, 0.2) is 0 Å². The van der Waals surface area contributed by atoms with Crippen LogP contribution in [0.4, 0.5) is 0 Å². The molecular weight excluding hydrogens is 1080 g/mol. The van der Waals surface area contributed by atoms with E-state index in [1.54, 1.807) is 6.08 Å². The number of unbranched alkanes of at least 4 members (excludes halogenated alkanes) is 52. The zero-order chi connectivity index (χ0) is 62.6. The summed E-state index contributed by atoms with van der Waals surface area (Å²) in [5.41, 5.74) is 0. The Morgan fingerprint density at radius 3 is 0.930 bits per heavy atom. The summed E-state index contributed by atoms with van der Waals surface area (Å²) in [6.45, 7) is 4.84. The third-order valence-electron chi connectivity index (χ3n) is 17.5. The summed E-state index contributed by atoms with van der Waals surface area (Å²) in [7, 11) is 1.56. The number of carbonyl (C=O) groups excluding carboxylic acids is 1. The van der Waals surface area contributed by atoms with E-state index in [1.165, 1.54) is 321 Å². The van der Waals surface area contributed by atoms with E-state index in [4.69, 9.17) is 9.05 Å². The normalized spacial score (nSPS) is 13.8. The second-order valence-corrected chi connectivity index (χ2v) is 28.8. The van der Waals surface area contributed by atoms with Gasteiger partial charge in [-0.1, -0.05) is 358 Å². The van der Waals surface area contributed by atoms with Crippen LogP contribution in [0, 0.1) is 0 Å². The summed E-state index contributed by atoms with van der Waals surface area (Å²) in [6, 6.07) is -0.872. The number of hydrogen-bond donors (Lipinski definition) is 3. The van der Waals surface area contributed by atoms with Crippen LogP contribution in [-0.4, -0.2) is 73.4 Å². The van der Waals surface area contributed by atoms with E-state index < -0.39 is 20.0 Å². The molecule has 0 bridgehead atoms. The predicted octanol–water partition coefficient (Wildman–Crippen LogP) is 24.6. The molecule has 0 heterocycles. The average molecular weight is 1230 g/mol. The Morgan fingerprint density at radius 1 is 0.384 bits per heavy atom. The zero-order valence-corrected chi connectivity index (χ0v) is 59.2. The first-order chi connectivity index (χ1) is 42.0. The SMILES string of the molecule is CCCCCCCCCCCCCCCCC/C=C/CC/C=C/CC/C=C/C(O)C(COP(=O)(O)OCC[N+](C)(C)C)NC(=O)CCCCCCCCCCCCCCCCCCC/C=C\CCCCCCCCCCCCCCCCCCCC. The van der Waals surface area contributed by atoms with Crippen molar-refractivity contribution in [3.63, 3.8) is 0 Å². The predicted molar refractivity (Wildman–Crippen MR) is 378 cm³/mol. The van der Waals surface area contributed by atoms with Gasteiger partial charge in [0.25, 0.3) is 0 Å². The summed E-state index contributed by atoms with van der Waals surface area (Å²) in [5.74, 6) is -0.184. The zero-order valence-electron chi connectivity index (χ0n) is 58.3. The Balaban J connectivity index is 3.99. The molecule has 0 aliphatic rings. The number of rotatable bonds is 71. The number of aliphatic hydroxyl groups is 1. The number of phosphoric acid groups is 1. The molecule has 3 atom stereocenters. The van der Waals surface area contributed by atoms with Crippen molar-refractivity contribution >= 4 is 13.7 Å². The van der Waals surface area contributed by atoms with Crippen LogP contribution in [0.5, 0.6) is 0 Å². The van der Waals surface area contributed by atoms with Crippen molar-refractivity contribution in [1.82, 2.24) is 5.32 Å². The number of likely N-dealkylation sites (N-methyl/N-ethyl adjacent to an activating group) is 1. The van der Waals surface area contributed by atoms with E-state index in [0.717, 1.165) is 44.9 Å². The summed E-state index contributed by atoms with van der Waals surface area (Å²) >= 11 is 0. The van der Waals surface area contributed by atoms with E-state index >= 15 is 0 Å². The number of carbonyl (C=O) groups is 1. The monoisotopic (exact) mass is 1230 g/mol. The van der Waals surface area contributed by atoms with Crippen molar-refractivity contribution in [3.05, 3.63) is 48.6 Å². The number of aliphatic hydroxyl groups excluding tert-OH is 1. The molecule has 86 heavy (non-hydrogen) atoms. The van der Waals surface area contributed by atoms with Crippen LogP contribution in [0.15, 0.2) is 48.6 Å². The molecule has 1 amide bonds. The Bertz CT molecular complexity index is 1540. The van der Waals surface area contributed by atoms with Gasteiger partial charge >= 0.3 is 7.82 Å². The van der Waals surface area contributed by atoms with Gasteiger partial charge in [0, 0.05) is 6.42 Å². The third kappa shape index (κ3) is 69.9. The van der Waals surface area contributed by atoms with Gasteiger partial charge in [-0.2, -0.15) is 0 Å². The second-order valence-electron chi connectivity index (χ2n) is 27.4. The summed E-state index contributed by atoms with van der Waals surface area (Å²) < 4.78 is 23.8. The number of quaternary nitrogens is 1. The molecule has 3 unspecified atom stereocenters. The van der Waals surface area contributed by atoms with Crippen molar-refractivity contribution < 1.29 is 32.9 Å². The van der Waals surface area contributed by atoms with E-state index in [-0.39, 0.29) is 19.1 Å². The quantitative estimate of drug-likeness (QED) is 0.0243. The highest BCUT2D eigenvalue weighted by Crippen LogP contribution is 2.43. The van der Waals surface area contributed by atoms with Gasteiger partial charge in [-0.05, 0) is 70.6 Å². The molecular formula is C77H150N2O6P+. The van der Waals surface area contributed by atoms with Crippen molar-refractivity contribution in [2.24, 2.45) is 0 Å². The van der Waals surface area contributed by atoms with Gasteiger partial charge in [0.2, 0.25) is 5.91 Å². The number of amides is 1. The van der Waals surface area contributed by atoms with Crippen molar-refractivity contribution in [1.29, 1.82) is 0 Å². The van der Waals surface area contributed by atoms with Crippen LogP contribution in [0.2, 0.25) is 0 Å². The highest BCUT2D eigenvalue weighted by Gasteiger charge is 2.28. The van der Waals surface area contributed by atoms with Crippen molar-refractivity contribution in [2.75, 3.05) is 40.9 Å². The maximum absolute atomic E-state index is 13.1. The first kappa shape index (κ1) is 84.5. The second kappa shape index (κ2) is 67.8. The largest absolute Gasteiger partial charge is 0.472 e. The molecule has 0 radical (unpaired) electrons. The number of hydrogen-bond acceptors (Lipinski definition) is 5. The Hall–Kier alpha value is -1.54. The standard InChI is InChI=1S/C77H149N2O6P/c1-6-8-10-12-14-16-18-20-22-24-26-28-30-32-33-34-35-36-37-38-39-40-41-42-43-44-45-47-49-51-53-55-57-59-61-63-65-67-69-71-77(81)78-75(74-85-86(82,83)84-73-72-79(3,4)5)76(80)70-68-66-64-62-60-58-56-54-52-50-48-46-31-29-27-25-23-21-19-17-15-13-11-9-7-2/h38-39,52,54,60,62,68,70,75-76,80H,6-37,40-51,53,55-59,61,63-67,69,71-74H2,1-5H3,(H-,78,81,82,83)/p+1/b39-38-,54-52+,62-60+,70-68+. The Labute approximate surface area is 537 Å². The molecule has 0 aliphatic carbocycles. The first-order valence-corrected chi connectivity index (χ1v) is 39.5. The minimum Gasteiger partial charge on any atom is -0.387 e. The number of nitrogens with one attached hydrogen (secondary N) is 1. The van der Waals surface area contributed by atoms with Gasteiger partial charge in [-0.3, -0.25) is 13.8 Å². The molecule has 508 valence electrons. The summed E-state index contributed by atoms with van der Waals surface area (Å²) in [5, 5.41) is 14.0. The van der Waals surface area contributed by atoms with Gasteiger partial charge < -0.3 is 19.8 Å². The van der Waals surface area contributed by atoms with Crippen LogP contribution in [0.25, 0.3) is 0 Å². The van der Waals surface area contributed by atoms with Crippen LogP contribution in [-0.2, 0) is 18.4 Å². The molecule has 0 fully saturated rings. The first-order valence-electron chi connectivity index (χ1n) is 38.0. The Kier molecular flexibility index (Phi) is 66.6. The lowest BCUT2D eigenvalue weighted by atomic mass is 10.0. The minimum absolute atomic E-state index is 0.0542. The smallest absolute Gasteiger partial charge is 0.387 e. The van der Waals surface area contributed by atoms with Gasteiger partial charge in [0.1, 0.15) is 13.2 Å². The lowest BCUT2D eigenvalue weighted by Gasteiger charge is -2.25. The molecule has 0 aromatic carbocycles. The van der Waals surface area contributed by atoms with Crippen LogP contribution in [0.1, 0.15) is 386 Å². The molecule has 0 saturated carbocycles. The fourth-order valence-electron chi connectivity index (χ4n) is 11.6. The lowest BCUT2D eigenvalue weighted by molar-refractivity contribution is -0.870. The number of nitrogens with zero attached hydrogens (tertiary/aromatic N) is 1. The fraction of sp³-hybridized carbons (Fsp3) is 0.883. The molecule has 3 N–H and O–H groups in total. The topological polar surface area (TPSA) is 105 Å². The van der Waals surface area contributed by atoms with Gasteiger partial charge in [-0.15, -0.1) is 0 Å². The minimum atomic E-state index is -4.37. The number of phosphoric ester groups is 1. The fourth-order valence-corrected chi connectivity index (χ4v) is 12.3. The highest BCUT2D eigenvalue weighted by molar-refractivity contribution is 7.47. The van der Waals surface area contributed by atoms with Crippen LogP contribution < -0.4 is 5.32 Å². The van der Waals surface area contributed by atoms with Crippen molar-refractivity contribution in [2.45, 2.75) is 398 Å². The molecule has 9 heteroatoms. The van der Waals surface area contributed by atoms with Crippen LogP contribution >= 0.6 is 7.82 Å². The molecule has 0 aliphatic heterocycles. The average Bonchev–Trinajstić information content (AvgIpc) is 3.70. The van der Waals surface area contributed by atoms with Gasteiger partial charge in [-0.25, -0.2) is 4.57 Å². The molecule has 0 spiro atoms. The maximum Gasteiger partial charge on any atom is 0.472 e. The molecule has 0 aromatic heterocycles. The lowest BCUT2D eigenvalue weighted by Crippen LogP contribution is -2.45. The highest BCUT2D eigenvalue weighted by atomic mass is 31.2. The maximum atomic E-state index is 13.1. The Morgan fingerprint density at radius 2 is 0.640 bits per heavy atom. The third-order valence-corrected chi connectivity index (χ3v) is 18.5. The summed E-state index contributed by atoms with van der Waals surface area (Å²) in [6.07, 6.45) is 93.1. The van der Waals surface area contributed by atoms with Crippen LogP contribution in [0.3, 0.4) is 0 Å². The van der Waals surface area contributed by atoms with Crippen molar-refractivity contribution in [3.8, 4) is 0 Å². The molecule has 8 nitrogen and oxygen atoms in total. The van der Waals surface area contributed by atoms with E-state index in [0.29, 0.717) is 17.4 Å². The molecule has 0 saturated heterocycles. The molecule has 0 aromatic rings. The summed E-state index contributed by atoms with van der Waals surface area (Å²) in [4.78, 5) is 23.4. The number of allylic oxidation sites excluding steroid dienone is 7. The van der Waals surface area contributed by atoms with E-state index in [2.05, 4.69) is 55.6 Å². The van der Waals surface area contributed by atoms with E-state index in [9.17, 15) is 19.4 Å².